The molecule has 0 radical (unpaired) electrons. The third-order valence-electron chi connectivity index (χ3n) is 3.38. The fraction of sp³-hybridized carbons (Fsp3) is 0.200. The number of hydrogen-bond donors (Lipinski definition) is 1. The highest BCUT2D eigenvalue weighted by molar-refractivity contribution is 5.92. The van der Waals surface area contributed by atoms with Gasteiger partial charge in [-0.05, 0) is 22.9 Å². The third kappa shape index (κ3) is 2.37. The molecule has 2 aromatic rings. The van der Waals surface area contributed by atoms with Crippen molar-refractivity contribution in [3.05, 3.63) is 59.8 Å². The van der Waals surface area contributed by atoms with Gasteiger partial charge in [0.15, 0.2) is 0 Å². The van der Waals surface area contributed by atoms with Crippen molar-refractivity contribution >= 4 is 11.9 Å². The van der Waals surface area contributed by atoms with Gasteiger partial charge in [0.2, 0.25) is 5.95 Å². The van der Waals surface area contributed by atoms with Crippen molar-refractivity contribution < 1.29 is 9.53 Å². The van der Waals surface area contributed by atoms with E-state index in [1.54, 1.807) is 11.6 Å². The van der Waals surface area contributed by atoms with Crippen LogP contribution in [0.1, 0.15) is 18.5 Å². The number of hydrogen-bond acceptors (Lipinski definition) is 6. The summed E-state index contributed by atoms with van der Waals surface area (Å²) in [5, 5.41) is 14.6. The Balaban J connectivity index is 2.08. The highest BCUT2D eigenvalue weighted by Gasteiger charge is 2.34. The summed E-state index contributed by atoms with van der Waals surface area (Å²) in [6.45, 7) is 5.51. The zero-order valence-electron chi connectivity index (χ0n) is 12.1. The number of benzene rings is 1. The van der Waals surface area contributed by atoms with Crippen LogP contribution >= 0.6 is 0 Å². The summed E-state index contributed by atoms with van der Waals surface area (Å²) >= 11 is 0. The molecule has 0 saturated carbocycles. The molecule has 0 unspecified atom stereocenters. The molecule has 3 rings (SSSR count). The predicted octanol–water partition coefficient (Wildman–Crippen LogP) is 1.69. The van der Waals surface area contributed by atoms with E-state index in [-0.39, 0.29) is 6.61 Å². The molecule has 1 aliphatic heterocycles. The molecule has 7 heteroatoms. The minimum absolute atomic E-state index is 0.152. The Morgan fingerprint density at radius 2 is 2.23 bits per heavy atom. The van der Waals surface area contributed by atoms with Gasteiger partial charge in [-0.15, -0.1) is 0 Å². The van der Waals surface area contributed by atoms with Gasteiger partial charge in [0.1, 0.15) is 12.6 Å². The number of fused-ring (bicyclic) bond motifs is 1. The lowest BCUT2D eigenvalue weighted by Crippen LogP contribution is -2.29. The Labute approximate surface area is 127 Å². The molecular weight excluding hydrogens is 282 g/mol. The maximum atomic E-state index is 12.4. The maximum Gasteiger partial charge on any atom is 0.338 e. The molecular formula is C15H15N5O2. The van der Waals surface area contributed by atoms with E-state index in [2.05, 4.69) is 27.4 Å². The molecule has 0 amide bonds. The first-order valence-corrected chi connectivity index (χ1v) is 6.81. The van der Waals surface area contributed by atoms with Crippen molar-refractivity contribution in [2.24, 2.45) is 0 Å². The van der Waals surface area contributed by atoms with Crippen LogP contribution < -0.4 is 5.32 Å². The molecule has 0 fully saturated rings. The summed E-state index contributed by atoms with van der Waals surface area (Å²) in [5.41, 5.74) is 2.06. The Kier molecular flexibility index (Phi) is 3.69. The molecule has 0 saturated heterocycles. The van der Waals surface area contributed by atoms with Gasteiger partial charge in [0.05, 0.1) is 5.57 Å². The second-order valence-corrected chi connectivity index (χ2v) is 4.81. The molecule has 1 aromatic carbocycles. The van der Waals surface area contributed by atoms with Crippen LogP contribution in [-0.2, 0) is 9.53 Å². The summed E-state index contributed by atoms with van der Waals surface area (Å²) in [5.74, 6) is 0.0755. The number of aromatic nitrogens is 4. The van der Waals surface area contributed by atoms with Gasteiger partial charge in [0, 0.05) is 5.70 Å². The number of carbonyl (C=O) groups excluding carboxylic acids is 1. The van der Waals surface area contributed by atoms with Crippen LogP contribution in [0.3, 0.4) is 0 Å². The highest BCUT2D eigenvalue weighted by atomic mass is 16.5. The fourth-order valence-electron chi connectivity index (χ4n) is 2.43. The quantitative estimate of drug-likeness (QED) is 0.683. The number of carbonyl (C=O) groups is 1. The molecule has 1 aromatic heterocycles. The van der Waals surface area contributed by atoms with Gasteiger partial charge >= 0.3 is 5.97 Å². The van der Waals surface area contributed by atoms with Crippen LogP contribution in [0.4, 0.5) is 5.95 Å². The topological polar surface area (TPSA) is 81.9 Å². The van der Waals surface area contributed by atoms with E-state index in [0.29, 0.717) is 17.2 Å². The van der Waals surface area contributed by atoms with Crippen molar-refractivity contribution in [3.8, 4) is 0 Å². The second-order valence-electron chi connectivity index (χ2n) is 4.81. The minimum Gasteiger partial charge on any atom is -0.458 e. The smallest absolute Gasteiger partial charge is 0.338 e. The van der Waals surface area contributed by atoms with Gasteiger partial charge in [-0.2, -0.15) is 4.68 Å². The molecule has 7 nitrogen and oxygen atoms in total. The monoisotopic (exact) mass is 297 g/mol. The van der Waals surface area contributed by atoms with Crippen LogP contribution in [0.2, 0.25) is 0 Å². The largest absolute Gasteiger partial charge is 0.458 e. The van der Waals surface area contributed by atoms with Crippen LogP contribution in [0, 0.1) is 0 Å². The Morgan fingerprint density at radius 1 is 1.45 bits per heavy atom. The predicted molar refractivity (Wildman–Crippen MR) is 79.9 cm³/mol. The molecule has 0 bridgehead atoms. The van der Waals surface area contributed by atoms with Crippen LogP contribution in [0.15, 0.2) is 54.3 Å². The third-order valence-corrected chi connectivity index (χ3v) is 3.38. The standard InChI is InChI=1S/C15H15N5O2/c1-3-9-22-14(21)12-10(2)16-15-17-18-19-20(15)13(12)11-7-5-4-6-8-11/h3-8,13H,1,9H2,2H3,(H,16,17,19)/t13-/m1/s1. The van der Waals surface area contributed by atoms with E-state index < -0.39 is 12.0 Å². The van der Waals surface area contributed by atoms with Gasteiger partial charge in [-0.1, -0.05) is 48.1 Å². The van der Waals surface area contributed by atoms with Crippen molar-refractivity contribution in [1.29, 1.82) is 0 Å². The van der Waals surface area contributed by atoms with Crippen LogP contribution in [0.25, 0.3) is 0 Å². The lowest BCUT2D eigenvalue weighted by atomic mass is 9.96. The lowest BCUT2D eigenvalue weighted by Gasteiger charge is -2.27. The van der Waals surface area contributed by atoms with Crippen molar-refractivity contribution in [2.45, 2.75) is 13.0 Å². The van der Waals surface area contributed by atoms with Gasteiger partial charge < -0.3 is 10.1 Å². The molecule has 0 spiro atoms. The number of nitrogens with one attached hydrogen (secondary N) is 1. The molecule has 2 heterocycles. The van der Waals surface area contributed by atoms with Crippen molar-refractivity contribution in [2.75, 3.05) is 11.9 Å². The molecule has 1 atom stereocenters. The number of ether oxygens (including phenoxy) is 1. The van der Waals surface area contributed by atoms with Crippen LogP contribution in [0.5, 0.6) is 0 Å². The van der Waals surface area contributed by atoms with E-state index in [4.69, 9.17) is 4.74 Å². The number of allylic oxidation sites excluding steroid dienone is 1. The summed E-state index contributed by atoms with van der Waals surface area (Å²) < 4.78 is 6.78. The van der Waals surface area contributed by atoms with E-state index >= 15 is 0 Å². The first-order chi connectivity index (χ1) is 10.7. The number of rotatable bonds is 4. The Hall–Kier alpha value is -2.96. The Bertz CT molecular complexity index is 735. The molecule has 22 heavy (non-hydrogen) atoms. The molecule has 1 aliphatic rings. The van der Waals surface area contributed by atoms with Gasteiger partial charge in [-0.3, -0.25) is 0 Å². The van der Waals surface area contributed by atoms with Gasteiger partial charge in [0.25, 0.3) is 0 Å². The normalized spacial score (nSPS) is 16.7. The number of anilines is 1. The average molecular weight is 297 g/mol. The van der Waals surface area contributed by atoms with E-state index in [0.717, 1.165) is 5.56 Å². The van der Waals surface area contributed by atoms with E-state index in [1.165, 1.54) is 6.08 Å². The SMILES string of the molecule is C=CCOC(=O)C1=C(C)Nc2nnnn2[C@@H]1c1ccccc1. The first-order valence-electron chi connectivity index (χ1n) is 6.81. The highest BCUT2D eigenvalue weighted by Crippen LogP contribution is 2.34. The maximum absolute atomic E-state index is 12.4. The first kappa shape index (κ1) is 14.0. The average Bonchev–Trinajstić information content (AvgIpc) is 2.99. The summed E-state index contributed by atoms with van der Waals surface area (Å²) in [4.78, 5) is 12.4. The summed E-state index contributed by atoms with van der Waals surface area (Å²) in [6.07, 6.45) is 1.53. The second kappa shape index (κ2) is 5.80. The van der Waals surface area contributed by atoms with E-state index in [1.807, 2.05) is 30.3 Å². The minimum atomic E-state index is -0.426. The molecule has 112 valence electrons. The molecule has 1 N–H and O–H groups in total. The Morgan fingerprint density at radius 3 is 2.95 bits per heavy atom. The van der Waals surface area contributed by atoms with Crippen molar-refractivity contribution in [3.63, 3.8) is 0 Å². The number of esters is 1. The zero-order valence-corrected chi connectivity index (χ0v) is 12.1. The zero-order chi connectivity index (χ0) is 15.5. The number of nitrogens with zero attached hydrogens (tertiary/aromatic N) is 4. The number of tetrazole rings is 1. The van der Waals surface area contributed by atoms with Gasteiger partial charge in [-0.25, -0.2) is 4.79 Å². The summed E-state index contributed by atoms with van der Waals surface area (Å²) in [7, 11) is 0. The fourth-order valence-corrected chi connectivity index (χ4v) is 2.43. The molecule has 0 aliphatic carbocycles. The van der Waals surface area contributed by atoms with Crippen LogP contribution in [-0.4, -0.2) is 32.8 Å². The summed E-state index contributed by atoms with van der Waals surface area (Å²) in [6, 6.07) is 9.15. The van der Waals surface area contributed by atoms with Crippen molar-refractivity contribution in [1.82, 2.24) is 20.2 Å². The van der Waals surface area contributed by atoms with E-state index in [9.17, 15) is 4.79 Å². The lowest BCUT2D eigenvalue weighted by molar-refractivity contribution is -0.138.